The lowest BCUT2D eigenvalue weighted by Crippen LogP contribution is -2.06. The van der Waals surface area contributed by atoms with Gasteiger partial charge >= 0.3 is 0 Å². The lowest BCUT2D eigenvalue weighted by Gasteiger charge is -2.08. The van der Waals surface area contributed by atoms with Gasteiger partial charge in [0.15, 0.2) is 5.65 Å². The van der Waals surface area contributed by atoms with Gasteiger partial charge < -0.3 is 5.73 Å². The molecule has 2 heterocycles. The van der Waals surface area contributed by atoms with Crippen molar-refractivity contribution in [2.45, 2.75) is 6.92 Å². The highest BCUT2D eigenvalue weighted by Crippen LogP contribution is 2.27. The maximum atomic E-state index is 9.36. The van der Waals surface area contributed by atoms with Crippen LogP contribution in [0, 0.1) is 18.3 Å². The van der Waals surface area contributed by atoms with Crippen LogP contribution in [0.15, 0.2) is 34.8 Å². The van der Waals surface area contributed by atoms with Gasteiger partial charge in [0.2, 0.25) is 0 Å². The van der Waals surface area contributed by atoms with Crippen molar-refractivity contribution in [1.29, 1.82) is 5.26 Å². The molecule has 1 aromatic carbocycles. The molecule has 0 unspecified atom stereocenters. The lowest BCUT2D eigenvalue weighted by molar-refractivity contribution is 0.927. The van der Waals surface area contributed by atoms with Gasteiger partial charge in [-0.1, -0.05) is 28.1 Å². The third kappa shape index (κ3) is 1.92. The summed E-state index contributed by atoms with van der Waals surface area (Å²) in [6, 6.07) is 11.5. The molecule has 0 aliphatic heterocycles. The second-order valence-corrected chi connectivity index (χ2v) is 5.31. The first kappa shape index (κ1) is 12.6. The maximum Gasteiger partial charge on any atom is 0.158 e. The Morgan fingerprint density at radius 2 is 2.00 bits per heavy atom. The fraction of sp³-hybridized carbons (Fsp3) is 0.0714. The number of nitriles is 1. The maximum absolute atomic E-state index is 9.36. The van der Waals surface area contributed by atoms with Crippen LogP contribution in [0.1, 0.15) is 11.3 Å². The second-order valence-electron chi connectivity index (χ2n) is 4.40. The van der Waals surface area contributed by atoms with Crippen LogP contribution in [0.4, 0.5) is 5.82 Å². The molecule has 20 heavy (non-hydrogen) atoms. The van der Waals surface area contributed by atoms with E-state index in [4.69, 9.17) is 5.73 Å². The molecular formula is C14H10BrN5. The topological polar surface area (TPSA) is 80.0 Å². The highest BCUT2D eigenvalue weighted by Gasteiger charge is 2.15. The fourth-order valence-electron chi connectivity index (χ4n) is 2.07. The summed E-state index contributed by atoms with van der Waals surface area (Å²) >= 11 is 3.39. The van der Waals surface area contributed by atoms with E-state index in [1.807, 2.05) is 37.3 Å². The molecule has 3 rings (SSSR count). The Bertz CT molecular complexity index is 843. The van der Waals surface area contributed by atoms with Gasteiger partial charge in [-0.2, -0.15) is 14.9 Å². The number of halogens is 1. The smallest absolute Gasteiger partial charge is 0.158 e. The first-order chi connectivity index (χ1) is 9.60. The second kappa shape index (κ2) is 4.62. The van der Waals surface area contributed by atoms with E-state index in [0.717, 1.165) is 15.7 Å². The van der Waals surface area contributed by atoms with Crippen LogP contribution in [0.25, 0.3) is 16.9 Å². The average Bonchev–Trinajstić information content (AvgIpc) is 2.80. The quantitative estimate of drug-likeness (QED) is 0.745. The number of benzene rings is 1. The molecule has 2 aromatic heterocycles. The number of fused-ring (bicyclic) bond motifs is 1. The zero-order chi connectivity index (χ0) is 14.3. The van der Waals surface area contributed by atoms with E-state index in [1.54, 1.807) is 0 Å². The number of nitrogens with zero attached hydrogens (tertiary/aromatic N) is 4. The minimum absolute atomic E-state index is 0.309. The Hall–Kier alpha value is -2.39. The Morgan fingerprint density at radius 1 is 1.30 bits per heavy atom. The molecule has 0 aliphatic carbocycles. The third-order valence-corrected chi connectivity index (χ3v) is 3.52. The van der Waals surface area contributed by atoms with Crippen molar-refractivity contribution in [3.05, 3.63) is 46.1 Å². The first-order valence-corrected chi connectivity index (χ1v) is 6.71. The fourth-order valence-corrected chi connectivity index (χ4v) is 2.33. The normalized spacial score (nSPS) is 10.7. The van der Waals surface area contributed by atoms with Crippen molar-refractivity contribution < 1.29 is 0 Å². The van der Waals surface area contributed by atoms with E-state index >= 15 is 0 Å². The van der Waals surface area contributed by atoms with Gasteiger partial charge in [0.25, 0.3) is 0 Å². The predicted octanol–water partition coefficient (Wildman–Crippen LogP) is 2.92. The van der Waals surface area contributed by atoms with E-state index in [9.17, 15) is 5.26 Å². The molecule has 98 valence electrons. The van der Waals surface area contributed by atoms with Crippen LogP contribution in [-0.2, 0) is 0 Å². The largest absolute Gasteiger partial charge is 0.382 e. The number of aromatic nitrogens is 3. The van der Waals surface area contributed by atoms with Crippen molar-refractivity contribution >= 4 is 27.4 Å². The molecule has 2 N–H and O–H groups in total. The molecular weight excluding hydrogens is 318 g/mol. The molecule has 0 saturated heterocycles. The monoisotopic (exact) mass is 327 g/mol. The summed E-state index contributed by atoms with van der Waals surface area (Å²) in [7, 11) is 0. The molecule has 0 atom stereocenters. The van der Waals surface area contributed by atoms with Crippen LogP contribution >= 0.6 is 15.9 Å². The van der Waals surface area contributed by atoms with E-state index in [-0.39, 0.29) is 0 Å². The minimum atomic E-state index is 0.309. The van der Waals surface area contributed by atoms with Crippen molar-refractivity contribution in [2.75, 3.05) is 5.73 Å². The minimum Gasteiger partial charge on any atom is -0.382 e. The van der Waals surface area contributed by atoms with Gasteiger partial charge in [-0.3, -0.25) is 0 Å². The summed E-state index contributed by atoms with van der Waals surface area (Å²) in [5.41, 5.74) is 9.24. The van der Waals surface area contributed by atoms with Crippen LogP contribution in [-0.4, -0.2) is 14.6 Å². The van der Waals surface area contributed by atoms with E-state index in [0.29, 0.717) is 22.7 Å². The summed E-state index contributed by atoms with van der Waals surface area (Å²) in [6.45, 7) is 1.86. The molecule has 5 nitrogen and oxygen atoms in total. The number of hydrogen-bond donors (Lipinski definition) is 1. The molecule has 6 heteroatoms. The van der Waals surface area contributed by atoms with E-state index in [1.165, 1.54) is 4.52 Å². The van der Waals surface area contributed by atoms with Gasteiger partial charge in [0.05, 0.1) is 11.4 Å². The van der Waals surface area contributed by atoms with Gasteiger partial charge in [-0.05, 0) is 19.1 Å². The summed E-state index contributed by atoms with van der Waals surface area (Å²) in [5, 5.41) is 13.6. The summed E-state index contributed by atoms with van der Waals surface area (Å²) in [6.07, 6.45) is 0. The molecule has 0 spiro atoms. The molecule has 0 fully saturated rings. The van der Waals surface area contributed by atoms with Crippen LogP contribution < -0.4 is 5.73 Å². The first-order valence-electron chi connectivity index (χ1n) is 5.92. The molecule has 3 aromatic rings. The lowest BCUT2D eigenvalue weighted by atomic mass is 10.1. The zero-order valence-corrected chi connectivity index (χ0v) is 12.2. The number of anilines is 1. The summed E-state index contributed by atoms with van der Waals surface area (Å²) < 4.78 is 2.46. The Balaban J connectivity index is 2.34. The Labute approximate surface area is 123 Å². The Morgan fingerprint density at radius 3 is 2.65 bits per heavy atom. The predicted molar refractivity (Wildman–Crippen MR) is 80.0 cm³/mol. The number of nitrogens with two attached hydrogens (primary N) is 1. The van der Waals surface area contributed by atoms with Crippen LogP contribution in [0.5, 0.6) is 0 Å². The zero-order valence-electron chi connectivity index (χ0n) is 10.6. The molecule has 0 amide bonds. The molecule has 0 aliphatic rings. The van der Waals surface area contributed by atoms with Crippen molar-refractivity contribution in [3.63, 3.8) is 0 Å². The van der Waals surface area contributed by atoms with Crippen LogP contribution in [0.2, 0.25) is 0 Å². The molecule has 0 bridgehead atoms. The third-order valence-electron chi connectivity index (χ3n) is 2.99. The average molecular weight is 328 g/mol. The molecule has 0 saturated carbocycles. The summed E-state index contributed by atoms with van der Waals surface area (Å²) in [4.78, 5) is 4.51. The highest BCUT2D eigenvalue weighted by molar-refractivity contribution is 9.10. The number of nitrogen functional groups attached to an aromatic ring is 1. The van der Waals surface area contributed by atoms with Crippen molar-refractivity contribution in [1.82, 2.24) is 14.6 Å². The van der Waals surface area contributed by atoms with E-state index in [2.05, 4.69) is 32.1 Å². The number of rotatable bonds is 1. The molecule has 0 radical (unpaired) electrons. The summed E-state index contributed by atoms with van der Waals surface area (Å²) in [5.74, 6) is 0.309. The highest BCUT2D eigenvalue weighted by atomic mass is 79.9. The SMILES string of the molecule is Cc1cc2nc(-c3ccc(Br)cc3)c(C#N)c(N)n2n1. The Kier molecular flexibility index (Phi) is 2.92. The van der Waals surface area contributed by atoms with Gasteiger partial charge in [-0.25, -0.2) is 4.98 Å². The standard InChI is InChI=1S/C14H10BrN5/c1-8-6-12-18-13(9-2-4-10(15)5-3-9)11(7-16)14(17)20(12)19-8/h2-6H,17H2,1H3. The number of hydrogen-bond acceptors (Lipinski definition) is 4. The van der Waals surface area contributed by atoms with Gasteiger partial charge in [-0.15, -0.1) is 0 Å². The van der Waals surface area contributed by atoms with Gasteiger partial charge in [0, 0.05) is 16.1 Å². The number of aryl methyl sites for hydroxylation is 1. The van der Waals surface area contributed by atoms with E-state index < -0.39 is 0 Å². The van der Waals surface area contributed by atoms with Crippen LogP contribution in [0.3, 0.4) is 0 Å². The van der Waals surface area contributed by atoms with Crippen molar-refractivity contribution in [3.8, 4) is 17.3 Å². The van der Waals surface area contributed by atoms with Crippen molar-refractivity contribution in [2.24, 2.45) is 0 Å². The van der Waals surface area contributed by atoms with Gasteiger partial charge in [0.1, 0.15) is 17.5 Å².